The standard InChI is InChI=1S/C13H16ClN3O2S2/c1-7-13(20-9(3)16-7)8(2)17-21(18,19)12-5-4-10(14)6-11(12)15/h4-6,8,17H,15H2,1-3H3. The van der Waals surface area contributed by atoms with Crippen molar-refractivity contribution in [3.63, 3.8) is 0 Å². The highest BCUT2D eigenvalue weighted by molar-refractivity contribution is 7.89. The number of nitrogens with one attached hydrogen (secondary N) is 1. The number of hydrogen-bond donors (Lipinski definition) is 2. The first-order chi connectivity index (χ1) is 9.70. The molecular formula is C13H16ClN3O2S2. The first-order valence-corrected chi connectivity index (χ1v) is 8.90. The monoisotopic (exact) mass is 345 g/mol. The van der Waals surface area contributed by atoms with Gasteiger partial charge in [-0.2, -0.15) is 0 Å². The molecule has 0 spiro atoms. The minimum Gasteiger partial charge on any atom is -0.398 e. The van der Waals surface area contributed by atoms with Gasteiger partial charge in [-0.05, 0) is 39.0 Å². The second-order valence-corrected chi connectivity index (χ2v) is 8.06. The Labute approximate surface area is 133 Å². The van der Waals surface area contributed by atoms with E-state index in [9.17, 15) is 8.42 Å². The Balaban J connectivity index is 2.31. The molecule has 2 rings (SSSR count). The number of thiazole rings is 1. The van der Waals surface area contributed by atoms with Crippen molar-refractivity contribution >= 4 is 38.6 Å². The normalized spacial score (nSPS) is 13.3. The number of benzene rings is 1. The van der Waals surface area contributed by atoms with Gasteiger partial charge in [0.05, 0.1) is 22.4 Å². The molecule has 0 saturated carbocycles. The van der Waals surface area contributed by atoms with E-state index in [-0.39, 0.29) is 16.6 Å². The number of anilines is 1. The molecule has 3 N–H and O–H groups in total. The fourth-order valence-electron chi connectivity index (χ4n) is 2.06. The zero-order valence-electron chi connectivity index (χ0n) is 11.8. The van der Waals surface area contributed by atoms with Gasteiger partial charge < -0.3 is 5.73 Å². The molecule has 0 fully saturated rings. The molecule has 0 radical (unpaired) electrons. The molecule has 0 bridgehead atoms. The summed E-state index contributed by atoms with van der Waals surface area (Å²) in [6.45, 7) is 5.53. The lowest BCUT2D eigenvalue weighted by Crippen LogP contribution is -2.27. The molecule has 0 saturated heterocycles. The zero-order chi connectivity index (χ0) is 15.8. The van der Waals surface area contributed by atoms with E-state index in [1.54, 1.807) is 6.92 Å². The van der Waals surface area contributed by atoms with Crippen LogP contribution in [0, 0.1) is 13.8 Å². The third-order valence-electron chi connectivity index (χ3n) is 2.93. The van der Waals surface area contributed by atoms with Crippen LogP contribution in [-0.4, -0.2) is 13.4 Å². The van der Waals surface area contributed by atoms with Gasteiger partial charge in [0, 0.05) is 9.90 Å². The molecule has 0 amide bonds. The van der Waals surface area contributed by atoms with E-state index in [4.69, 9.17) is 17.3 Å². The second kappa shape index (κ2) is 5.92. The Kier molecular flexibility index (Phi) is 4.57. The second-order valence-electron chi connectivity index (χ2n) is 4.71. The van der Waals surface area contributed by atoms with Crippen molar-refractivity contribution in [2.75, 3.05) is 5.73 Å². The van der Waals surface area contributed by atoms with Gasteiger partial charge in [0.2, 0.25) is 10.0 Å². The van der Waals surface area contributed by atoms with E-state index in [2.05, 4.69) is 9.71 Å². The lowest BCUT2D eigenvalue weighted by molar-refractivity contribution is 0.568. The first kappa shape index (κ1) is 16.2. The van der Waals surface area contributed by atoms with E-state index in [0.29, 0.717) is 5.02 Å². The minimum absolute atomic E-state index is 0.0256. The number of rotatable bonds is 4. The molecule has 1 atom stereocenters. The molecule has 1 unspecified atom stereocenters. The number of aryl methyl sites for hydroxylation is 2. The lowest BCUT2D eigenvalue weighted by atomic mass is 10.2. The van der Waals surface area contributed by atoms with E-state index < -0.39 is 10.0 Å². The van der Waals surface area contributed by atoms with Crippen LogP contribution in [0.4, 0.5) is 5.69 Å². The van der Waals surface area contributed by atoms with Gasteiger partial charge in [0.1, 0.15) is 4.90 Å². The maximum Gasteiger partial charge on any atom is 0.243 e. The van der Waals surface area contributed by atoms with Crippen LogP contribution in [-0.2, 0) is 10.0 Å². The highest BCUT2D eigenvalue weighted by atomic mass is 35.5. The maximum atomic E-state index is 12.4. The first-order valence-electron chi connectivity index (χ1n) is 6.22. The van der Waals surface area contributed by atoms with Crippen molar-refractivity contribution in [1.82, 2.24) is 9.71 Å². The summed E-state index contributed by atoms with van der Waals surface area (Å²) in [7, 11) is -3.72. The van der Waals surface area contributed by atoms with Crippen molar-refractivity contribution in [3.05, 3.63) is 38.8 Å². The highest BCUT2D eigenvalue weighted by Crippen LogP contribution is 2.28. The molecule has 1 heterocycles. The number of hydrogen-bond acceptors (Lipinski definition) is 5. The summed E-state index contributed by atoms with van der Waals surface area (Å²) in [6.07, 6.45) is 0. The average molecular weight is 346 g/mol. The van der Waals surface area contributed by atoms with E-state index in [0.717, 1.165) is 15.6 Å². The van der Waals surface area contributed by atoms with Gasteiger partial charge in [-0.25, -0.2) is 18.1 Å². The fourth-order valence-corrected chi connectivity index (χ4v) is 4.57. The number of aromatic nitrogens is 1. The Bertz CT molecular complexity index is 772. The van der Waals surface area contributed by atoms with Crippen LogP contribution in [0.5, 0.6) is 0 Å². The van der Waals surface area contributed by atoms with E-state index >= 15 is 0 Å². The molecule has 0 aliphatic rings. The van der Waals surface area contributed by atoms with E-state index in [1.807, 2.05) is 13.8 Å². The van der Waals surface area contributed by atoms with Crippen LogP contribution < -0.4 is 10.5 Å². The topological polar surface area (TPSA) is 85.1 Å². The van der Waals surface area contributed by atoms with Crippen LogP contribution in [0.3, 0.4) is 0 Å². The summed E-state index contributed by atoms with van der Waals surface area (Å²) in [4.78, 5) is 5.22. The molecule has 1 aromatic heterocycles. The Morgan fingerprint density at radius 3 is 2.57 bits per heavy atom. The molecule has 0 aliphatic carbocycles. The number of sulfonamides is 1. The molecule has 1 aromatic carbocycles. The Morgan fingerprint density at radius 2 is 2.05 bits per heavy atom. The van der Waals surface area contributed by atoms with Gasteiger partial charge >= 0.3 is 0 Å². The van der Waals surface area contributed by atoms with Gasteiger partial charge in [-0.3, -0.25) is 0 Å². The van der Waals surface area contributed by atoms with E-state index in [1.165, 1.54) is 29.5 Å². The quantitative estimate of drug-likeness (QED) is 0.834. The zero-order valence-corrected chi connectivity index (χ0v) is 14.2. The van der Waals surface area contributed by atoms with Crippen molar-refractivity contribution in [3.8, 4) is 0 Å². The SMILES string of the molecule is Cc1nc(C)c(C(C)NS(=O)(=O)c2ccc(Cl)cc2N)s1. The van der Waals surface area contributed by atoms with Gasteiger partial charge in [0.25, 0.3) is 0 Å². The summed E-state index contributed by atoms with van der Waals surface area (Å²) >= 11 is 7.26. The van der Waals surface area contributed by atoms with Crippen molar-refractivity contribution < 1.29 is 8.42 Å². The van der Waals surface area contributed by atoms with Crippen LogP contribution in [0.25, 0.3) is 0 Å². The largest absolute Gasteiger partial charge is 0.398 e. The molecule has 21 heavy (non-hydrogen) atoms. The lowest BCUT2D eigenvalue weighted by Gasteiger charge is -2.14. The number of nitrogen functional groups attached to an aromatic ring is 1. The summed E-state index contributed by atoms with van der Waals surface area (Å²) in [5, 5.41) is 1.30. The van der Waals surface area contributed by atoms with Gasteiger partial charge in [-0.15, -0.1) is 11.3 Å². The third kappa shape index (κ3) is 3.55. The molecule has 0 aliphatic heterocycles. The van der Waals surface area contributed by atoms with Crippen molar-refractivity contribution in [2.24, 2.45) is 0 Å². The van der Waals surface area contributed by atoms with Crippen LogP contribution in [0.2, 0.25) is 5.02 Å². The summed E-state index contributed by atoms with van der Waals surface area (Å²) < 4.78 is 27.5. The summed E-state index contributed by atoms with van der Waals surface area (Å²) in [6, 6.07) is 3.94. The molecule has 2 aromatic rings. The van der Waals surface area contributed by atoms with Gasteiger partial charge in [0.15, 0.2) is 0 Å². The van der Waals surface area contributed by atoms with Gasteiger partial charge in [-0.1, -0.05) is 11.6 Å². The predicted octanol–water partition coefficient (Wildman–Crippen LogP) is 3.04. The van der Waals surface area contributed by atoms with Crippen molar-refractivity contribution in [1.29, 1.82) is 0 Å². The molecule has 8 heteroatoms. The molecular weight excluding hydrogens is 330 g/mol. The fraction of sp³-hybridized carbons (Fsp3) is 0.308. The number of halogens is 1. The number of nitrogens with zero attached hydrogens (tertiary/aromatic N) is 1. The van der Waals surface area contributed by atoms with Crippen molar-refractivity contribution in [2.45, 2.75) is 31.7 Å². The van der Waals surface area contributed by atoms with Crippen LogP contribution in [0.15, 0.2) is 23.1 Å². The third-order valence-corrected chi connectivity index (χ3v) is 6.03. The van der Waals surface area contributed by atoms with Crippen LogP contribution in [0.1, 0.15) is 28.5 Å². The summed E-state index contributed by atoms with van der Waals surface area (Å²) in [5.41, 5.74) is 6.70. The summed E-state index contributed by atoms with van der Waals surface area (Å²) in [5.74, 6) is 0. The average Bonchev–Trinajstić information content (AvgIpc) is 2.67. The predicted molar refractivity (Wildman–Crippen MR) is 86.2 cm³/mol. The Hall–Kier alpha value is -1.15. The number of nitrogens with two attached hydrogens (primary N) is 1. The molecule has 5 nitrogen and oxygen atoms in total. The minimum atomic E-state index is -3.72. The highest BCUT2D eigenvalue weighted by Gasteiger charge is 2.23. The Morgan fingerprint density at radius 1 is 1.38 bits per heavy atom. The molecule has 114 valence electrons. The smallest absolute Gasteiger partial charge is 0.243 e. The maximum absolute atomic E-state index is 12.4. The van der Waals surface area contributed by atoms with Crippen LogP contribution >= 0.6 is 22.9 Å².